The van der Waals surface area contributed by atoms with Gasteiger partial charge in [0.05, 0.1) is 18.8 Å². The number of carbonyl (C=O) groups is 2. The van der Waals surface area contributed by atoms with E-state index in [1.54, 1.807) is 0 Å². The number of alkyl halides is 4. The molecular weight excluding hydrogens is 476 g/mol. The summed E-state index contributed by atoms with van der Waals surface area (Å²) in [5, 5.41) is -5.68. The van der Waals surface area contributed by atoms with Crippen LogP contribution in [0.15, 0.2) is 12.2 Å². The standard InChI is InChI=1S/C20H26F4O8S/c1-12(10-30-4-3-19(21,22)20(23,24)33(27,28)29)16(26)32-18-8-14-5-15(9-18)7-17(6-14,11-18)31-13(2)25/h14-15H,1,3-11H2,2H3,(H,27,28,29). The monoisotopic (exact) mass is 502 g/mol. The summed E-state index contributed by atoms with van der Waals surface area (Å²) in [7, 11) is -6.33. The minimum atomic E-state index is -6.33. The van der Waals surface area contributed by atoms with E-state index in [-0.39, 0.29) is 17.4 Å². The Bertz CT molecular complexity index is 918. The first kappa shape index (κ1) is 25.9. The van der Waals surface area contributed by atoms with Crippen molar-refractivity contribution in [1.82, 2.24) is 0 Å². The van der Waals surface area contributed by atoms with Gasteiger partial charge in [-0.15, -0.1) is 0 Å². The first-order valence-electron chi connectivity index (χ1n) is 10.4. The number of rotatable bonds is 10. The Balaban J connectivity index is 1.53. The van der Waals surface area contributed by atoms with E-state index in [1.165, 1.54) is 6.92 Å². The van der Waals surface area contributed by atoms with Crippen molar-refractivity contribution in [2.24, 2.45) is 11.8 Å². The fourth-order valence-electron chi connectivity index (χ4n) is 5.70. The van der Waals surface area contributed by atoms with Gasteiger partial charge in [-0.05, 0) is 43.9 Å². The second-order valence-electron chi connectivity index (χ2n) is 9.41. The van der Waals surface area contributed by atoms with Crippen LogP contribution >= 0.6 is 0 Å². The third-order valence-electron chi connectivity index (χ3n) is 6.50. The lowest BCUT2D eigenvalue weighted by molar-refractivity contribution is -0.228. The van der Waals surface area contributed by atoms with Crippen LogP contribution in [0.2, 0.25) is 0 Å². The van der Waals surface area contributed by atoms with Crippen LogP contribution in [0.5, 0.6) is 0 Å². The van der Waals surface area contributed by atoms with Crippen LogP contribution in [0.3, 0.4) is 0 Å². The highest BCUT2D eigenvalue weighted by Gasteiger charge is 2.65. The summed E-state index contributed by atoms with van der Waals surface area (Å²) >= 11 is 0. The van der Waals surface area contributed by atoms with Crippen LogP contribution in [0.4, 0.5) is 17.6 Å². The first-order valence-corrected chi connectivity index (χ1v) is 11.8. The first-order chi connectivity index (χ1) is 15.0. The minimum absolute atomic E-state index is 0.231. The summed E-state index contributed by atoms with van der Waals surface area (Å²) in [5.41, 5.74) is -1.76. The van der Waals surface area contributed by atoms with E-state index in [0.717, 1.165) is 6.42 Å². The molecule has 0 aromatic carbocycles. The predicted octanol–water partition coefficient (Wildman–Crippen LogP) is 3.26. The van der Waals surface area contributed by atoms with Gasteiger partial charge in [0, 0.05) is 19.8 Å². The van der Waals surface area contributed by atoms with E-state index in [4.69, 9.17) is 18.8 Å². The zero-order chi connectivity index (χ0) is 24.9. The van der Waals surface area contributed by atoms with Crippen molar-refractivity contribution in [2.45, 2.75) is 74.2 Å². The lowest BCUT2D eigenvalue weighted by atomic mass is 9.52. The van der Waals surface area contributed by atoms with Gasteiger partial charge in [-0.25, -0.2) is 4.79 Å². The van der Waals surface area contributed by atoms with Gasteiger partial charge < -0.3 is 14.2 Å². The summed E-state index contributed by atoms with van der Waals surface area (Å²) in [4.78, 5) is 24.1. The summed E-state index contributed by atoms with van der Waals surface area (Å²) in [6.45, 7) is 3.17. The van der Waals surface area contributed by atoms with Crippen LogP contribution in [0.25, 0.3) is 0 Å². The van der Waals surface area contributed by atoms with Gasteiger partial charge >= 0.3 is 33.2 Å². The maximum Gasteiger partial charge on any atom is 0.431 e. The number of ether oxygens (including phenoxy) is 3. The number of esters is 2. The van der Waals surface area contributed by atoms with Gasteiger partial charge in [0.25, 0.3) is 0 Å². The number of hydrogen-bond acceptors (Lipinski definition) is 7. The third kappa shape index (κ3) is 5.19. The fourth-order valence-corrected chi connectivity index (χ4v) is 6.18. The molecule has 0 spiro atoms. The molecular formula is C20H26F4O8S. The molecule has 4 rings (SSSR count). The Morgan fingerprint density at radius 2 is 1.58 bits per heavy atom. The van der Waals surface area contributed by atoms with Gasteiger partial charge in [0.1, 0.15) is 11.2 Å². The Labute approximate surface area is 188 Å². The molecule has 4 saturated carbocycles. The highest BCUT2D eigenvalue weighted by molar-refractivity contribution is 7.87. The van der Waals surface area contributed by atoms with Gasteiger partial charge in [-0.1, -0.05) is 6.58 Å². The van der Waals surface area contributed by atoms with Crippen molar-refractivity contribution in [3.8, 4) is 0 Å². The van der Waals surface area contributed by atoms with Crippen LogP contribution in [0, 0.1) is 11.8 Å². The third-order valence-corrected chi connectivity index (χ3v) is 7.44. The molecule has 33 heavy (non-hydrogen) atoms. The quantitative estimate of drug-likeness (QED) is 0.159. The highest BCUT2D eigenvalue weighted by Crippen LogP contribution is 2.60. The molecule has 0 saturated heterocycles. The molecule has 0 aromatic heterocycles. The minimum Gasteiger partial charge on any atom is -0.459 e. The SMILES string of the molecule is C=C(COCCC(F)(F)C(F)(F)S(=O)(=O)O)C(=O)OC12CC3CC(CC(OC(C)=O)(C3)C1)C2. The van der Waals surface area contributed by atoms with E-state index in [0.29, 0.717) is 32.1 Å². The summed E-state index contributed by atoms with van der Waals surface area (Å²) in [6.07, 6.45) is 2.19. The molecule has 0 heterocycles. The average Bonchev–Trinajstić information content (AvgIpc) is 2.61. The van der Waals surface area contributed by atoms with E-state index >= 15 is 0 Å². The molecule has 0 aromatic rings. The summed E-state index contributed by atoms with van der Waals surface area (Å²) in [6, 6.07) is 0. The van der Waals surface area contributed by atoms with Crippen LogP contribution < -0.4 is 0 Å². The van der Waals surface area contributed by atoms with Crippen molar-refractivity contribution in [3.05, 3.63) is 12.2 Å². The van der Waals surface area contributed by atoms with Gasteiger partial charge in [-0.3, -0.25) is 9.35 Å². The molecule has 8 nitrogen and oxygen atoms in total. The van der Waals surface area contributed by atoms with E-state index in [2.05, 4.69) is 6.58 Å². The second kappa shape index (κ2) is 8.49. The molecule has 0 amide bonds. The smallest absolute Gasteiger partial charge is 0.431 e. The van der Waals surface area contributed by atoms with Gasteiger partial charge in [0.2, 0.25) is 0 Å². The Kier molecular flexibility index (Phi) is 6.66. The molecule has 0 radical (unpaired) electrons. The molecule has 4 fully saturated rings. The zero-order valence-corrected chi connectivity index (χ0v) is 18.8. The molecule has 4 aliphatic carbocycles. The maximum atomic E-state index is 13.5. The van der Waals surface area contributed by atoms with Crippen LogP contribution in [-0.2, 0) is 33.9 Å². The normalized spacial score (nSPS) is 31.3. The molecule has 13 heteroatoms. The topological polar surface area (TPSA) is 116 Å². The molecule has 188 valence electrons. The van der Waals surface area contributed by atoms with Crippen molar-refractivity contribution in [1.29, 1.82) is 0 Å². The summed E-state index contributed by atoms with van der Waals surface area (Å²) in [5.74, 6) is -5.88. The average molecular weight is 502 g/mol. The molecule has 4 aliphatic rings. The Morgan fingerprint density at radius 3 is 2.06 bits per heavy atom. The van der Waals surface area contributed by atoms with Crippen molar-refractivity contribution in [2.75, 3.05) is 13.2 Å². The van der Waals surface area contributed by atoms with Crippen LogP contribution in [-0.4, -0.2) is 60.5 Å². The molecule has 4 bridgehead atoms. The fraction of sp³-hybridized carbons (Fsp3) is 0.800. The Hall–Kier alpha value is -1.73. The largest absolute Gasteiger partial charge is 0.459 e. The van der Waals surface area contributed by atoms with Gasteiger partial charge in [-0.2, -0.15) is 26.0 Å². The van der Waals surface area contributed by atoms with Crippen LogP contribution in [0.1, 0.15) is 51.9 Å². The van der Waals surface area contributed by atoms with E-state index < -0.39 is 64.1 Å². The maximum absolute atomic E-state index is 13.5. The Morgan fingerprint density at radius 1 is 1.06 bits per heavy atom. The van der Waals surface area contributed by atoms with Crippen molar-refractivity contribution >= 4 is 22.1 Å². The zero-order valence-electron chi connectivity index (χ0n) is 18.0. The van der Waals surface area contributed by atoms with E-state index in [1.807, 2.05) is 0 Å². The van der Waals surface area contributed by atoms with Crippen molar-refractivity contribution in [3.63, 3.8) is 0 Å². The highest BCUT2D eigenvalue weighted by atomic mass is 32.2. The lowest BCUT2D eigenvalue weighted by Gasteiger charge is -2.60. The summed E-state index contributed by atoms with van der Waals surface area (Å²) < 4.78 is 98.7. The molecule has 2 atom stereocenters. The molecule has 1 N–H and O–H groups in total. The van der Waals surface area contributed by atoms with E-state index in [9.17, 15) is 35.6 Å². The molecule has 0 aliphatic heterocycles. The lowest BCUT2D eigenvalue weighted by Crippen LogP contribution is -2.61. The van der Waals surface area contributed by atoms with Gasteiger partial charge in [0.15, 0.2) is 0 Å². The number of hydrogen-bond donors (Lipinski definition) is 1. The predicted molar refractivity (Wildman–Crippen MR) is 104 cm³/mol. The second-order valence-corrected chi connectivity index (χ2v) is 10.9. The van der Waals surface area contributed by atoms with Crippen molar-refractivity contribution < 1.29 is 54.3 Å². The number of carbonyl (C=O) groups excluding carboxylic acids is 2. The number of halogens is 4. The molecule has 2 unspecified atom stereocenters.